The van der Waals surface area contributed by atoms with Crippen molar-refractivity contribution >= 4 is 28.3 Å². The highest BCUT2D eigenvalue weighted by atomic mass is 16.3. The van der Waals surface area contributed by atoms with Crippen LogP contribution >= 0.6 is 0 Å². The number of pyridine rings is 1. The molecule has 5 rings (SSSR count). The largest absolute Gasteiger partial charge is 0.508 e. The number of nitrogens with zero attached hydrogens (tertiary/aromatic N) is 6. The number of phenolic OH excluding ortho intramolecular Hbond substituents is 1. The second-order valence-corrected chi connectivity index (χ2v) is 6.20. The normalized spacial score (nSPS) is 11.3. The Balaban J connectivity index is 1.61. The van der Waals surface area contributed by atoms with E-state index in [1.807, 2.05) is 54.4 Å². The van der Waals surface area contributed by atoms with E-state index in [1.54, 1.807) is 22.7 Å². The number of phenols is 1. The molecule has 8 nitrogen and oxygen atoms in total. The Bertz CT molecular complexity index is 1270. The number of aromatic nitrogens is 6. The average molecular weight is 357 g/mol. The van der Waals surface area contributed by atoms with Crippen LogP contribution in [0.3, 0.4) is 0 Å². The zero-order valence-electron chi connectivity index (χ0n) is 14.4. The van der Waals surface area contributed by atoms with E-state index in [0.29, 0.717) is 5.95 Å². The van der Waals surface area contributed by atoms with E-state index >= 15 is 0 Å². The summed E-state index contributed by atoms with van der Waals surface area (Å²) < 4.78 is 1.77. The number of anilines is 2. The minimum atomic E-state index is 0.211. The molecule has 132 valence electrons. The molecule has 0 unspecified atom stereocenters. The molecule has 0 aliphatic carbocycles. The predicted octanol–water partition coefficient (Wildman–Crippen LogP) is 3.14. The number of hydrogen-bond donors (Lipinski definition) is 2. The SMILES string of the molecule is CN(c1ccc2n[nH]nc2c1)c1nc2cccc(-c3cccc(O)c3)n2n1. The van der Waals surface area contributed by atoms with Crippen molar-refractivity contribution in [1.29, 1.82) is 0 Å². The molecular weight excluding hydrogens is 342 g/mol. The first kappa shape index (κ1) is 15.3. The summed E-state index contributed by atoms with van der Waals surface area (Å²) in [6.45, 7) is 0. The fraction of sp³-hybridized carbons (Fsp3) is 0.0526. The second kappa shape index (κ2) is 5.80. The fourth-order valence-electron chi connectivity index (χ4n) is 3.07. The van der Waals surface area contributed by atoms with Gasteiger partial charge in [0.15, 0.2) is 5.65 Å². The zero-order valence-corrected chi connectivity index (χ0v) is 14.4. The molecular formula is C19H15N7O. The summed E-state index contributed by atoms with van der Waals surface area (Å²) in [6, 6.07) is 18.6. The van der Waals surface area contributed by atoms with Crippen LogP contribution in [0.1, 0.15) is 0 Å². The Kier molecular flexibility index (Phi) is 3.29. The Morgan fingerprint density at radius 1 is 0.963 bits per heavy atom. The van der Waals surface area contributed by atoms with Crippen molar-refractivity contribution < 1.29 is 5.11 Å². The van der Waals surface area contributed by atoms with Gasteiger partial charge < -0.3 is 10.0 Å². The van der Waals surface area contributed by atoms with Crippen molar-refractivity contribution in [1.82, 2.24) is 30.0 Å². The molecule has 0 radical (unpaired) electrons. The maximum Gasteiger partial charge on any atom is 0.249 e. The van der Waals surface area contributed by atoms with Gasteiger partial charge in [0.2, 0.25) is 5.95 Å². The number of fused-ring (bicyclic) bond motifs is 2. The van der Waals surface area contributed by atoms with E-state index in [9.17, 15) is 5.11 Å². The molecule has 2 aromatic carbocycles. The van der Waals surface area contributed by atoms with Gasteiger partial charge in [-0.3, -0.25) is 0 Å². The van der Waals surface area contributed by atoms with E-state index in [4.69, 9.17) is 0 Å². The molecule has 0 saturated heterocycles. The van der Waals surface area contributed by atoms with Gasteiger partial charge >= 0.3 is 0 Å². The summed E-state index contributed by atoms with van der Waals surface area (Å²) >= 11 is 0. The molecule has 0 saturated carbocycles. The molecule has 8 heteroatoms. The van der Waals surface area contributed by atoms with Gasteiger partial charge in [0.25, 0.3) is 0 Å². The molecule has 0 spiro atoms. The van der Waals surface area contributed by atoms with E-state index in [1.165, 1.54) is 0 Å². The van der Waals surface area contributed by atoms with E-state index in [-0.39, 0.29) is 5.75 Å². The van der Waals surface area contributed by atoms with Crippen LogP contribution in [0.5, 0.6) is 5.75 Å². The Hall–Kier alpha value is -3.94. The molecule has 0 bridgehead atoms. The van der Waals surface area contributed by atoms with Crippen LogP contribution in [0.2, 0.25) is 0 Å². The van der Waals surface area contributed by atoms with Crippen LogP contribution in [0.15, 0.2) is 60.7 Å². The third-order valence-corrected chi connectivity index (χ3v) is 4.48. The summed E-state index contributed by atoms with van der Waals surface area (Å²) in [6.07, 6.45) is 0. The summed E-state index contributed by atoms with van der Waals surface area (Å²) in [5, 5.41) is 25.3. The topological polar surface area (TPSA) is 95.2 Å². The number of benzene rings is 2. The van der Waals surface area contributed by atoms with E-state index < -0.39 is 0 Å². The monoisotopic (exact) mass is 357 g/mol. The summed E-state index contributed by atoms with van der Waals surface area (Å²) in [5.74, 6) is 0.772. The van der Waals surface area contributed by atoms with Gasteiger partial charge in [-0.1, -0.05) is 18.2 Å². The van der Waals surface area contributed by atoms with Crippen molar-refractivity contribution in [3.05, 3.63) is 60.7 Å². The van der Waals surface area contributed by atoms with Gasteiger partial charge in [-0.05, 0) is 42.5 Å². The van der Waals surface area contributed by atoms with E-state index in [0.717, 1.165) is 33.6 Å². The minimum Gasteiger partial charge on any atom is -0.508 e. The van der Waals surface area contributed by atoms with Gasteiger partial charge in [0.1, 0.15) is 16.8 Å². The fourth-order valence-corrected chi connectivity index (χ4v) is 3.07. The van der Waals surface area contributed by atoms with Gasteiger partial charge in [0.05, 0.1) is 5.69 Å². The summed E-state index contributed by atoms with van der Waals surface area (Å²) in [5.41, 5.74) is 4.93. The number of H-pyrrole nitrogens is 1. The number of aromatic amines is 1. The number of hydrogen-bond acceptors (Lipinski definition) is 6. The molecule has 3 heterocycles. The van der Waals surface area contributed by atoms with Crippen molar-refractivity contribution in [2.45, 2.75) is 0 Å². The lowest BCUT2D eigenvalue weighted by Gasteiger charge is -2.14. The van der Waals surface area contributed by atoms with Gasteiger partial charge in [0, 0.05) is 18.3 Å². The molecule has 0 aliphatic heterocycles. The highest BCUT2D eigenvalue weighted by molar-refractivity contribution is 5.79. The van der Waals surface area contributed by atoms with Gasteiger partial charge in [-0.25, -0.2) is 4.52 Å². The molecule has 0 amide bonds. The Morgan fingerprint density at radius 2 is 1.81 bits per heavy atom. The highest BCUT2D eigenvalue weighted by Crippen LogP contribution is 2.27. The van der Waals surface area contributed by atoms with Crippen molar-refractivity contribution in [2.24, 2.45) is 0 Å². The maximum absolute atomic E-state index is 9.79. The average Bonchev–Trinajstić information content (AvgIpc) is 3.33. The summed E-state index contributed by atoms with van der Waals surface area (Å²) in [4.78, 5) is 6.53. The van der Waals surface area contributed by atoms with Gasteiger partial charge in [-0.2, -0.15) is 20.4 Å². The Morgan fingerprint density at radius 3 is 2.70 bits per heavy atom. The Labute approximate surface area is 153 Å². The smallest absolute Gasteiger partial charge is 0.249 e. The molecule has 3 aromatic heterocycles. The van der Waals surface area contributed by atoms with Gasteiger partial charge in [-0.15, -0.1) is 5.10 Å². The first-order chi connectivity index (χ1) is 13.2. The van der Waals surface area contributed by atoms with Crippen molar-refractivity contribution in [3.8, 4) is 17.0 Å². The zero-order chi connectivity index (χ0) is 18.4. The predicted molar refractivity (Wildman–Crippen MR) is 102 cm³/mol. The minimum absolute atomic E-state index is 0.211. The number of aromatic hydroxyl groups is 1. The lowest BCUT2D eigenvalue weighted by atomic mass is 10.1. The van der Waals surface area contributed by atoms with Crippen LogP contribution in [-0.4, -0.2) is 42.2 Å². The van der Waals surface area contributed by atoms with Crippen LogP contribution in [0.4, 0.5) is 11.6 Å². The first-order valence-electron chi connectivity index (χ1n) is 8.38. The molecule has 27 heavy (non-hydrogen) atoms. The third-order valence-electron chi connectivity index (χ3n) is 4.48. The standard InChI is InChI=1S/C19H15N7O/c1-25(13-8-9-15-16(11-13)22-24-21-15)19-20-18-7-3-6-17(26(18)23-19)12-4-2-5-14(27)10-12/h2-11,27H,1H3,(H,21,22,24). The second-order valence-electron chi connectivity index (χ2n) is 6.20. The number of nitrogens with one attached hydrogen (secondary N) is 1. The molecule has 5 aromatic rings. The first-order valence-corrected chi connectivity index (χ1v) is 8.38. The quantitative estimate of drug-likeness (QED) is 0.515. The van der Waals surface area contributed by atoms with Crippen molar-refractivity contribution in [3.63, 3.8) is 0 Å². The lowest BCUT2D eigenvalue weighted by molar-refractivity contribution is 0.475. The van der Waals surface area contributed by atoms with Crippen LogP contribution in [0, 0.1) is 0 Å². The van der Waals surface area contributed by atoms with Crippen molar-refractivity contribution in [2.75, 3.05) is 11.9 Å². The van der Waals surface area contributed by atoms with Crippen LogP contribution in [-0.2, 0) is 0 Å². The summed E-state index contributed by atoms with van der Waals surface area (Å²) in [7, 11) is 1.91. The third kappa shape index (κ3) is 2.54. The molecule has 0 aliphatic rings. The molecule has 0 fully saturated rings. The molecule has 0 atom stereocenters. The van der Waals surface area contributed by atoms with Crippen LogP contribution < -0.4 is 4.90 Å². The number of rotatable bonds is 3. The highest BCUT2D eigenvalue weighted by Gasteiger charge is 2.14. The lowest BCUT2D eigenvalue weighted by Crippen LogP contribution is -2.11. The van der Waals surface area contributed by atoms with Crippen LogP contribution in [0.25, 0.3) is 27.9 Å². The molecule has 2 N–H and O–H groups in total. The van der Waals surface area contributed by atoms with E-state index in [2.05, 4.69) is 25.5 Å². The maximum atomic E-state index is 9.79.